The molecule has 0 aliphatic heterocycles. The molecule has 0 aromatic carbocycles. The fourth-order valence-electron chi connectivity index (χ4n) is 2.45. The molecule has 0 radical (unpaired) electrons. The molecule has 20 heavy (non-hydrogen) atoms. The fraction of sp³-hybridized carbons (Fsp3) is 0.467. The molecular weight excluding hydrogens is 250 g/mol. The van der Waals surface area contributed by atoms with E-state index in [2.05, 4.69) is 32.2 Å². The van der Waals surface area contributed by atoms with Crippen molar-refractivity contribution in [2.75, 3.05) is 13.6 Å². The van der Waals surface area contributed by atoms with Crippen LogP contribution in [0.5, 0.6) is 0 Å². The van der Waals surface area contributed by atoms with Crippen LogP contribution in [0.4, 0.5) is 0 Å². The van der Waals surface area contributed by atoms with Crippen LogP contribution >= 0.6 is 0 Å². The van der Waals surface area contributed by atoms with E-state index >= 15 is 0 Å². The quantitative estimate of drug-likeness (QED) is 0.923. The Labute approximate surface area is 119 Å². The average molecular weight is 271 g/mol. The molecule has 0 saturated heterocycles. The van der Waals surface area contributed by atoms with Gasteiger partial charge in [-0.2, -0.15) is 0 Å². The molecule has 0 aliphatic rings. The molecule has 2 heterocycles. The van der Waals surface area contributed by atoms with Crippen molar-refractivity contribution in [1.29, 1.82) is 0 Å². The van der Waals surface area contributed by atoms with Gasteiger partial charge in [-0.3, -0.25) is 0 Å². The van der Waals surface area contributed by atoms with Crippen molar-refractivity contribution in [1.82, 2.24) is 25.3 Å². The third-order valence-electron chi connectivity index (χ3n) is 3.31. The summed E-state index contributed by atoms with van der Waals surface area (Å²) < 4.78 is 0. The summed E-state index contributed by atoms with van der Waals surface area (Å²) in [5.41, 5.74) is 4.23. The molecule has 2 aromatic rings. The minimum atomic E-state index is 0.382. The lowest BCUT2D eigenvalue weighted by Gasteiger charge is -2.16. The maximum atomic E-state index is 4.57. The Kier molecular flexibility index (Phi) is 4.39. The number of hydrogen-bond acceptors (Lipinski definition) is 5. The lowest BCUT2D eigenvalue weighted by molar-refractivity contribution is 0.662. The average Bonchev–Trinajstić information content (AvgIpc) is 2.39. The van der Waals surface area contributed by atoms with Crippen LogP contribution in [-0.4, -0.2) is 33.5 Å². The Morgan fingerprint density at radius 2 is 1.55 bits per heavy atom. The third kappa shape index (κ3) is 2.99. The first-order chi connectivity index (χ1) is 9.52. The zero-order chi connectivity index (χ0) is 14.7. The Morgan fingerprint density at radius 1 is 1.00 bits per heavy atom. The molecule has 0 fully saturated rings. The van der Waals surface area contributed by atoms with Gasteiger partial charge in [-0.1, -0.05) is 6.92 Å². The minimum Gasteiger partial charge on any atom is -0.319 e. The molecule has 0 aliphatic carbocycles. The number of rotatable bonds is 4. The molecule has 1 N–H and O–H groups in total. The van der Waals surface area contributed by atoms with Gasteiger partial charge in [0, 0.05) is 30.3 Å². The van der Waals surface area contributed by atoms with Crippen LogP contribution in [0.3, 0.4) is 0 Å². The first-order valence-electron chi connectivity index (χ1n) is 6.81. The number of nitrogens with zero attached hydrogens (tertiary/aromatic N) is 4. The van der Waals surface area contributed by atoms with Gasteiger partial charge in [0.1, 0.15) is 0 Å². The molecule has 106 valence electrons. The van der Waals surface area contributed by atoms with Gasteiger partial charge in [-0.15, -0.1) is 0 Å². The summed E-state index contributed by atoms with van der Waals surface area (Å²) in [5.74, 6) is 1.56. The monoisotopic (exact) mass is 271 g/mol. The van der Waals surface area contributed by atoms with Gasteiger partial charge in [0.05, 0.1) is 0 Å². The Morgan fingerprint density at radius 3 is 2.05 bits per heavy atom. The van der Waals surface area contributed by atoms with Crippen LogP contribution in [-0.2, 0) is 0 Å². The summed E-state index contributed by atoms with van der Waals surface area (Å²) in [6.07, 6.45) is 3.57. The number of hydrogen-bond donors (Lipinski definition) is 1. The topological polar surface area (TPSA) is 63.6 Å². The highest BCUT2D eigenvalue weighted by molar-refractivity contribution is 5.45. The molecule has 0 saturated carbocycles. The molecule has 0 spiro atoms. The van der Waals surface area contributed by atoms with Gasteiger partial charge in [-0.25, -0.2) is 19.9 Å². The Balaban J connectivity index is 2.42. The first kappa shape index (κ1) is 14.5. The zero-order valence-corrected chi connectivity index (χ0v) is 12.7. The second kappa shape index (κ2) is 6.05. The van der Waals surface area contributed by atoms with Gasteiger partial charge in [-0.05, 0) is 44.9 Å². The second-order valence-corrected chi connectivity index (χ2v) is 5.17. The lowest BCUT2D eigenvalue weighted by Crippen LogP contribution is -2.18. The Hall–Kier alpha value is -1.88. The van der Waals surface area contributed by atoms with Crippen molar-refractivity contribution in [2.45, 2.75) is 33.6 Å². The largest absolute Gasteiger partial charge is 0.319 e. The van der Waals surface area contributed by atoms with Gasteiger partial charge < -0.3 is 5.32 Å². The molecule has 0 bridgehead atoms. The summed E-state index contributed by atoms with van der Waals surface area (Å²) in [6, 6.07) is 0. The highest BCUT2D eigenvalue weighted by Crippen LogP contribution is 2.22. The lowest BCUT2D eigenvalue weighted by atomic mass is 9.98. The summed E-state index contributed by atoms with van der Waals surface area (Å²) >= 11 is 0. The van der Waals surface area contributed by atoms with E-state index in [0.717, 1.165) is 23.5 Å². The smallest absolute Gasteiger partial charge is 0.198 e. The molecule has 0 amide bonds. The van der Waals surface area contributed by atoms with E-state index in [-0.39, 0.29) is 0 Å². The zero-order valence-electron chi connectivity index (χ0n) is 12.7. The number of nitrogens with one attached hydrogen (secondary N) is 1. The Bertz CT molecular complexity index is 569. The maximum absolute atomic E-state index is 4.57. The predicted octanol–water partition coefficient (Wildman–Crippen LogP) is 2.18. The molecule has 2 aromatic heterocycles. The second-order valence-electron chi connectivity index (χ2n) is 5.17. The summed E-state index contributed by atoms with van der Waals surface area (Å²) in [6.45, 7) is 9.09. The molecule has 5 heteroatoms. The van der Waals surface area contributed by atoms with Crippen molar-refractivity contribution >= 4 is 0 Å². The van der Waals surface area contributed by atoms with E-state index in [1.165, 1.54) is 5.56 Å². The van der Waals surface area contributed by atoms with Crippen molar-refractivity contribution in [3.05, 3.63) is 34.9 Å². The SMILES string of the molecule is CNCC(C)c1c(C)nc(-c2ncc(C)cn2)nc1C. The van der Waals surface area contributed by atoms with Crippen LogP contribution in [0.25, 0.3) is 11.6 Å². The molecular formula is C15H21N5. The van der Waals surface area contributed by atoms with E-state index in [0.29, 0.717) is 17.6 Å². The summed E-state index contributed by atoms with van der Waals surface area (Å²) in [7, 11) is 1.95. The summed E-state index contributed by atoms with van der Waals surface area (Å²) in [4.78, 5) is 17.7. The minimum absolute atomic E-state index is 0.382. The predicted molar refractivity (Wildman–Crippen MR) is 79.6 cm³/mol. The fourth-order valence-corrected chi connectivity index (χ4v) is 2.45. The van der Waals surface area contributed by atoms with Gasteiger partial charge >= 0.3 is 0 Å². The van der Waals surface area contributed by atoms with Crippen LogP contribution in [0.2, 0.25) is 0 Å². The van der Waals surface area contributed by atoms with Crippen LogP contribution < -0.4 is 5.32 Å². The number of aryl methyl sites for hydroxylation is 3. The molecule has 1 atom stereocenters. The highest BCUT2D eigenvalue weighted by Gasteiger charge is 2.16. The molecule has 2 rings (SSSR count). The van der Waals surface area contributed by atoms with E-state index in [9.17, 15) is 0 Å². The van der Waals surface area contributed by atoms with Gasteiger partial charge in [0.25, 0.3) is 0 Å². The van der Waals surface area contributed by atoms with Crippen LogP contribution in [0, 0.1) is 20.8 Å². The maximum Gasteiger partial charge on any atom is 0.198 e. The standard InChI is InChI=1S/C15H21N5/c1-9-6-17-14(18-7-9)15-19-11(3)13(12(4)20-15)10(2)8-16-5/h6-7,10,16H,8H2,1-5H3. The first-order valence-corrected chi connectivity index (χ1v) is 6.81. The van der Waals surface area contributed by atoms with E-state index < -0.39 is 0 Å². The molecule has 1 unspecified atom stereocenters. The van der Waals surface area contributed by atoms with E-state index in [1.807, 2.05) is 27.8 Å². The van der Waals surface area contributed by atoms with Crippen molar-refractivity contribution in [2.24, 2.45) is 0 Å². The number of aromatic nitrogens is 4. The molecule has 5 nitrogen and oxygen atoms in total. The van der Waals surface area contributed by atoms with Crippen molar-refractivity contribution < 1.29 is 0 Å². The van der Waals surface area contributed by atoms with Gasteiger partial charge in [0.15, 0.2) is 11.6 Å². The number of likely N-dealkylation sites (N-methyl/N-ethyl adjacent to an activating group) is 1. The van der Waals surface area contributed by atoms with E-state index in [1.54, 1.807) is 12.4 Å². The summed E-state index contributed by atoms with van der Waals surface area (Å²) in [5, 5.41) is 3.19. The normalized spacial score (nSPS) is 12.4. The van der Waals surface area contributed by atoms with Crippen LogP contribution in [0.15, 0.2) is 12.4 Å². The third-order valence-corrected chi connectivity index (χ3v) is 3.31. The van der Waals surface area contributed by atoms with Crippen molar-refractivity contribution in [3.8, 4) is 11.6 Å². The van der Waals surface area contributed by atoms with Crippen LogP contribution in [0.1, 0.15) is 35.4 Å². The van der Waals surface area contributed by atoms with Gasteiger partial charge in [0.2, 0.25) is 0 Å². The highest BCUT2D eigenvalue weighted by atomic mass is 15.0. The van der Waals surface area contributed by atoms with E-state index in [4.69, 9.17) is 0 Å². The van der Waals surface area contributed by atoms with Crippen molar-refractivity contribution in [3.63, 3.8) is 0 Å².